The fraction of sp³-hybridized carbons (Fsp3) is 0.0465. The minimum Gasteiger partial charge on any atom is -0.457 e. The van der Waals surface area contributed by atoms with Crippen molar-refractivity contribution >= 4 is 82.6 Å². The zero-order chi connectivity index (χ0) is 35.2. The Balaban J connectivity index is 1.08. The highest BCUT2D eigenvalue weighted by Gasteiger charge is 2.34. The van der Waals surface area contributed by atoms with Crippen molar-refractivity contribution in [2.75, 3.05) is 23.4 Å². The summed E-state index contributed by atoms with van der Waals surface area (Å²) >= 11 is 0. The van der Waals surface area contributed by atoms with Crippen LogP contribution in [0.2, 0.25) is 0 Å². The largest absolute Gasteiger partial charge is 0.457 e. The fourth-order valence-electron chi connectivity index (χ4n) is 8.45. The summed E-state index contributed by atoms with van der Waals surface area (Å²) in [5.41, 5.74) is 8.32. The summed E-state index contributed by atoms with van der Waals surface area (Å²) in [6.07, 6.45) is 1.86. The van der Waals surface area contributed by atoms with Crippen LogP contribution >= 0.6 is 0 Å². The van der Waals surface area contributed by atoms with E-state index >= 15 is 0 Å². The maximum atomic E-state index is 8.17. The number of aromatic nitrogens is 3. The standard InChI is InChI=1S/C43H27N5O2/c1-45-24-46-37-23-26(18-20-38(37)50-39-16-6-14-34(45)42(39)46)49-25-17-19-28-30-10-5-12-32-31-11-4-9-29-27-8-2-3-13-33(27)47(40(29)31)35-15-7-21-44-43(35)48(41(30)32)36(28)22-25/h2-23H,24H2,1H3/i1D3. The third-order valence-electron chi connectivity index (χ3n) is 10.5. The number of hydrogen-bond acceptors (Lipinski definition) is 5. The van der Waals surface area contributed by atoms with Crippen LogP contribution in [0.3, 0.4) is 0 Å². The molecule has 0 radical (unpaired) electrons. The van der Waals surface area contributed by atoms with Crippen molar-refractivity contribution in [1.82, 2.24) is 13.8 Å². The number of rotatable bonds is 2. The molecule has 2 aliphatic heterocycles. The average molecular weight is 649 g/mol. The van der Waals surface area contributed by atoms with Crippen molar-refractivity contribution in [2.24, 2.45) is 0 Å². The molecule has 6 aromatic carbocycles. The Bertz CT molecular complexity index is 3240. The second-order valence-corrected chi connectivity index (χ2v) is 13.1. The van der Waals surface area contributed by atoms with Crippen LogP contribution in [-0.4, -0.2) is 27.4 Å². The van der Waals surface area contributed by atoms with Crippen molar-refractivity contribution in [3.8, 4) is 23.0 Å². The normalized spacial score (nSPS) is 14.8. The molecule has 0 saturated carbocycles. The second kappa shape index (κ2) is 9.24. The van der Waals surface area contributed by atoms with Gasteiger partial charge in [-0.05, 0) is 54.6 Å². The van der Waals surface area contributed by atoms with Crippen LogP contribution in [0.15, 0.2) is 134 Å². The molecule has 50 heavy (non-hydrogen) atoms. The summed E-state index contributed by atoms with van der Waals surface area (Å²) in [4.78, 5) is 8.50. The van der Waals surface area contributed by atoms with Crippen LogP contribution in [0, 0.1) is 0 Å². The Hall–Kier alpha value is -6.73. The van der Waals surface area contributed by atoms with Gasteiger partial charge in [0.2, 0.25) is 0 Å². The van der Waals surface area contributed by atoms with E-state index in [4.69, 9.17) is 18.6 Å². The Kier molecular flexibility index (Phi) is 4.36. The first-order valence-corrected chi connectivity index (χ1v) is 16.7. The smallest absolute Gasteiger partial charge is 0.162 e. The molecular formula is C43H27N5O2. The summed E-state index contributed by atoms with van der Waals surface area (Å²) in [5.74, 6) is 2.54. The van der Waals surface area contributed by atoms with Crippen LogP contribution in [-0.2, 0) is 0 Å². The molecule has 0 saturated heterocycles. The van der Waals surface area contributed by atoms with E-state index in [1.54, 1.807) is 0 Å². The average Bonchev–Trinajstić information content (AvgIpc) is 3.84. The van der Waals surface area contributed by atoms with Crippen molar-refractivity contribution in [3.63, 3.8) is 0 Å². The van der Waals surface area contributed by atoms with Gasteiger partial charge >= 0.3 is 0 Å². The van der Waals surface area contributed by atoms with E-state index in [-0.39, 0.29) is 6.67 Å². The lowest BCUT2D eigenvalue weighted by Gasteiger charge is -2.28. The molecule has 2 aliphatic rings. The predicted molar refractivity (Wildman–Crippen MR) is 202 cm³/mol. The van der Waals surface area contributed by atoms with Crippen LogP contribution < -0.4 is 19.3 Å². The van der Waals surface area contributed by atoms with Gasteiger partial charge < -0.3 is 23.7 Å². The predicted octanol–water partition coefficient (Wildman–Crippen LogP) is 10.8. The lowest BCUT2D eigenvalue weighted by molar-refractivity contribution is 0.465. The van der Waals surface area contributed by atoms with Crippen LogP contribution in [0.5, 0.6) is 23.0 Å². The molecule has 4 aromatic heterocycles. The maximum Gasteiger partial charge on any atom is 0.162 e. The molecule has 0 atom stereocenters. The van der Waals surface area contributed by atoms with E-state index in [1.807, 2.05) is 59.6 Å². The van der Waals surface area contributed by atoms with Crippen LogP contribution in [0.25, 0.3) is 65.5 Å². The SMILES string of the molecule is [2H]C([2H])([2H])N1CN2c3cc(Oc4ccc5c6cccc7c8cccc9c%10ccccc%10n(c%10cccnc%10n(c5c4)c67)c98)ccc3Oc3cccc1c32. The lowest BCUT2D eigenvalue weighted by atomic mass is 10.0. The van der Waals surface area contributed by atoms with E-state index < -0.39 is 6.98 Å². The minimum atomic E-state index is -2.30. The lowest BCUT2D eigenvalue weighted by Crippen LogP contribution is -2.25. The maximum absolute atomic E-state index is 8.17. The molecule has 0 fully saturated rings. The number of benzene rings is 6. The highest BCUT2D eigenvalue weighted by molar-refractivity contribution is 6.25. The number of para-hydroxylation sites is 4. The topological polar surface area (TPSA) is 46.7 Å². The van der Waals surface area contributed by atoms with E-state index in [0.29, 0.717) is 28.7 Å². The van der Waals surface area contributed by atoms with E-state index in [2.05, 4.69) is 87.7 Å². The number of anilines is 3. The number of hydrogen-bond donors (Lipinski definition) is 0. The molecule has 0 N–H and O–H groups in total. The molecule has 7 nitrogen and oxygen atoms in total. The van der Waals surface area contributed by atoms with Crippen molar-refractivity contribution in [3.05, 3.63) is 134 Å². The first kappa shape index (κ1) is 23.6. The number of fused-ring (bicyclic) bond motifs is 12. The summed E-state index contributed by atoms with van der Waals surface area (Å²) in [6, 6.07) is 43.3. The molecule has 10 aromatic rings. The third kappa shape index (κ3) is 3.26. The van der Waals surface area contributed by atoms with Gasteiger partial charge in [0.25, 0.3) is 0 Å². The van der Waals surface area contributed by atoms with Gasteiger partial charge in [-0.2, -0.15) is 0 Å². The van der Waals surface area contributed by atoms with Crippen LogP contribution in [0.4, 0.5) is 17.1 Å². The van der Waals surface area contributed by atoms with Crippen molar-refractivity contribution in [1.29, 1.82) is 0 Å². The molecule has 7 heteroatoms. The molecule has 0 amide bonds. The first-order valence-electron chi connectivity index (χ1n) is 18.2. The van der Waals surface area contributed by atoms with E-state index in [9.17, 15) is 0 Å². The summed E-state index contributed by atoms with van der Waals surface area (Å²) in [5, 5.41) is 6.95. The fourth-order valence-corrected chi connectivity index (χ4v) is 8.45. The van der Waals surface area contributed by atoms with Crippen molar-refractivity contribution < 1.29 is 13.6 Å². The molecule has 0 bridgehead atoms. The zero-order valence-electron chi connectivity index (χ0n) is 29.5. The van der Waals surface area contributed by atoms with Crippen molar-refractivity contribution in [2.45, 2.75) is 0 Å². The Labute approximate surface area is 289 Å². The first-order chi connectivity index (χ1) is 25.9. The monoisotopic (exact) mass is 648 g/mol. The third-order valence-corrected chi connectivity index (χ3v) is 10.5. The summed E-state index contributed by atoms with van der Waals surface area (Å²) in [7, 11) is 0. The van der Waals surface area contributed by atoms with Gasteiger partial charge in [-0.3, -0.25) is 4.40 Å². The molecule has 0 aliphatic carbocycles. The molecule has 6 heterocycles. The highest BCUT2D eigenvalue weighted by Crippen LogP contribution is 2.54. The summed E-state index contributed by atoms with van der Waals surface area (Å²) < 4.78 is 42.1. The van der Waals surface area contributed by atoms with Gasteiger partial charge in [-0.25, -0.2) is 4.98 Å². The molecule has 0 unspecified atom stereocenters. The van der Waals surface area contributed by atoms with E-state index in [1.165, 1.54) is 26.6 Å². The van der Waals surface area contributed by atoms with Gasteiger partial charge in [0.15, 0.2) is 17.1 Å². The summed E-state index contributed by atoms with van der Waals surface area (Å²) in [6.45, 7) is -2.12. The Morgan fingerprint density at radius 3 is 2.16 bits per heavy atom. The molecule has 12 rings (SSSR count). The number of nitrogens with zero attached hydrogens (tertiary/aromatic N) is 5. The van der Waals surface area contributed by atoms with Gasteiger partial charge in [-0.15, -0.1) is 0 Å². The minimum absolute atomic E-state index is 0.176. The zero-order valence-corrected chi connectivity index (χ0v) is 26.5. The number of ether oxygens (including phenoxy) is 2. The van der Waals surface area contributed by atoms with Gasteiger partial charge in [0.1, 0.15) is 17.2 Å². The Morgan fingerprint density at radius 1 is 0.600 bits per heavy atom. The quantitative estimate of drug-likeness (QED) is 0.187. The molecular weight excluding hydrogens is 619 g/mol. The van der Waals surface area contributed by atoms with E-state index in [0.717, 1.165) is 55.2 Å². The molecule has 0 spiro atoms. The molecule has 236 valence electrons. The van der Waals surface area contributed by atoms with Crippen LogP contribution in [0.1, 0.15) is 4.11 Å². The second-order valence-electron chi connectivity index (χ2n) is 13.1. The highest BCUT2D eigenvalue weighted by atomic mass is 16.5. The van der Waals surface area contributed by atoms with Gasteiger partial charge in [-0.1, -0.05) is 60.7 Å². The Morgan fingerprint density at radius 2 is 1.30 bits per heavy atom. The van der Waals surface area contributed by atoms with Gasteiger partial charge in [0, 0.05) is 61.7 Å². The number of pyridine rings is 1. The van der Waals surface area contributed by atoms with Gasteiger partial charge in [0.05, 0.1) is 45.6 Å².